The summed E-state index contributed by atoms with van der Waals surface area (Å²) in [5, 5.41) is 9.63. The molecule has 4 heterocycles. The molecule has 27 heavy (non-hydrogen) atoms. The van der Waals surface area contributed by atoms with E-state index < -0.39 is 10.0 Å². The van der Waals surface area contributed by atoms with E-state index >= 15 is 0 Å². The first kappa shape index (κ1) is 19.3. The van der Waals surface area contributed by atoms with Gasteiger partial charge in [-0.25, -0.2) is 13.4 Å². The van der Waals surface area contributed by atoms with E-state index in [0.717, 1.165) is 45.2 Å². The van der Waals surface area contributed by atoms with Crippen molar-refractivity contribution in [2.75, 3.05) is 39.4 Å². The Balaban J connectivity index is 1.34. The van der Waals surface area contributed by atoms with Crippen LogP contribution in [0.15, 0.2) is 29.4 Å². The van der Waals surface area contributed by atoms with Crippen molar-refractivity contribution in [1.29, 1.82) is 0 Å². The zero-order valence-electron chi connectivity index (χ0n) is 15.7. The van der Waals surface area contributed by atoms with Gasteiger partial charge in [0.2, 0.25) is 0 Å². The average Bonchev–Trinajstić information content (AvgIpc) is 3.30. The number of aliphatic hydroxyl groups is 1. The van der Waals surface area contributed by atoms with Crippen molar-refractivity contribution in [3.8, 4) is 0 Å². The van der Waals surface area contributed by atoms with Crippen molar-refractivity contribution >= 4 is 10.0 Å². The molecule has 1 aromatic rings. The molecule has 3 fully saturated rings. The second kappa shape index (κ2) is 7.75. The van der Waals surface area contributed by atoms with Crippen LogP contribution in [-0.4, -0.2) is 79.3 Å². The predicted octanol–water partition coefficient (Wildman–Crippen LogP) is 1.10. The van der Waals surface area contributed by atoms with Crippen molar-refractivity contribution in [2.24, 2.45) is 5.41 Å². The van der Waals surface area contributed by atoms with Gasteiger partial charge in [0.25, 0.3) is 10.0 Å². The Hall–Kier alpha value is -1.06. The first-order valence-corrected chi connectivity index (χ1v) is 11.3. The zero-order chi connectivity index (χ0) is 18.9. The lowest BCUT2D eigenvalue weighted by atomic mass is 9.77. The first-order valence-electron chi connectivity index (χ1n) is 9.90. The molecule has 0 bridgehead atoms. The second-order valence-electron chi connectivity index (χ2n) is 8.18. The van der Waals surface area contributed by atoms with Crippen molar-refractivity contribution in [3.63, 3.8) is 0 Å². The first-order chi connectivity index (χ1) is 13.0. The molecule has 0 saturated carbocycles. The van der Waals surface area contributed by atoms with Gasteiger partial charge in [-0.2, -0.15) is 4.31 Å². The number of pyridine rings is 1. The van der Waals surface area contributed by atoms with Crippen LogP contribution in [0.5, 0.6) is 0 Å². The Morgan fingerprint density at radius 1 is 1.26 bits per heavy atom. The number of likely N-dealkylation sites (tertiary alicyclic amines) is 1. The van der Waals surface area contributed by atoms with Gasteiger partial charge < -0.3 is 9.84 Å². The van der Waals surface area contributed by atoms with Crippen molar-refractivity contribution in [3.05, 3.63) is 24.4 Å². The van der Waals surface area contributed by atoms with E-state index in [1.807, 2.05) is 0 Å². The van der Waals surface area contributed by atoms with Gasteiger partial charge in [-0.05, 0) is 56.2 Å². The zero-order valence-corrected chi connectivity index (χ0v) is 16.5. The van der Waals surface area contributed by atoms with Crippen molar-refractivity contribution in [2.45, 2.75) is 49.3 Å². The standard InChI is InChI=1S/C19H29N3O4S/c23-14-16-4-3-9-21(16)13-17-12-19(15-26-17)6-10-22(11-7-19)27(24,25)18-5-1-2-8-20-18/h1-2,5,8,16-17,23H,3-4,6-7,9-15H2/t16-,17+/m0/s1. The van der Waals surface area contributed by atoms with Gasteiger partial charge in [0.05, 0.1) is 19.3 Å². The normalized spacial score (nSPS) is 29.5. The molecule has 0 aliphatic carbocycles. The van der Waals surface area contributed by atoms with Gasteiger partial charge in [0.15, 0.2) is 5.03 Å². The van der Waals surface area contributed by atoms with Gasteiger partial charge >= 0.3 is 0 Å². The lowest BCUT2D eigenvalue weighted by Crippen LogP contribution is -2.44. The number of ether oxygens (including phenoxy) is 1. The highest BCUT2D eigenvalue weighted by Crippen LogP contribution is 2.43. The summed E-state index contributed by atoms with van der Waals surface area (Å²) in [6.07, 6.45) is 6.57. The van der Waals surface area contributed by atoms with E-state index in [1.165, 1.54) is 6.20 Å². The number of aromatic nitrogens is 1. The lowest BCUT2D eigenvalue weighted by molar-refractivity contribution is 0.0480. The monoisotopic (exact) mass is 395 g/mol. The Labute approximate surface area is 161 Å². The van der Waals surface area contributed by atoms with Crippen LogP contribution in [0, 0.1) is 5.41 Å². The number of sulfonamides is 1. The molecule has 1 N–H and O–H groups in total. The molecule has 3 saturated heterocycles. The number of nitrogens with zero attached hydrogens (tertiary/aromatic N) is 3. The van der Waals surface area contributed by atoms with Crippen LogP contribution >= 0.6 is 0 Å². The Morgan fingerprint density at radius 2 is 2.07 bits per heavy atom. The van der Waals surface area contributed by atoms with Crippen LogP contribution in [0.4, 0.5) is 0 Å². The average molecular weight is 396 g/mol. The van der Waals surface area contributed by atoms with E-state index in [0.29, 0.717) is 19.7 Å². The number of aliphatic hydroxyl groups excluding tert-OH is 1. The van der Waals surface area contributed by atoms with Crippen LogP contribution < -0.4 is 0 Å². The fraction of sp³-hybridized carbons (Fsp3) is 0.737. The Kier molecular flexibility index (Phi) is 5.53. The maximum absolute atomic E-state index is 12.8. The largest absolute Gasteiger partial charge is 0.395 e. The molecule has 1 aromatic heterocycles. The fourth-order valence-corrected chi connectivity index (χ4v) is 6.17. The van der Waals surface area contributed by atoms with Gasteiger partial charge in [-0.15, -0.1) is 0 Å². The van der Waals surface area contributed by atoms with Crippen LogP contribution in [0.3, 0.4) is 0 Å². The minimum Gasteiger partial charge on any atom is -0.395 e. The summed E-state index contributed by atoms with van der Waals surface area (Å²) < 4.78 is 33.2. The summed E-state index contributed by atoms with van der Waals surface area (Å²) in [6, 6.07) is 5.26. The van der Waals surface area contributed by atoms with E-state index in [9.17, 15) is 13.5 Å². The van der Waals surface area contributed by atoms with Gasteiger partial charge in [0, 0.05) is 31.9 Å². The molecule has 4 rings (SSSR count). The smallest absolute Gasteiger partial charge is 0.260 e. The Morgan fingerprint density at radius 3 is 2.78 bits per heavy atom. The summed E-state index contributed by atoms with van der Waals surface area (Å²) in [5.74, 6) is 0. The number of rotatable bonds is 5. The summed E-state index contributed by atoms with van der Waals surface area (Å²) in [7, 11) is -3.51. The maximum Gasteiger partial charge on any atom is 0.260 e. The van der Waals surface area contributed by atoms with Crippen LogP contribution in [0.25, 0.3) is 0 Å². The Bertz CT molecular complexity index is 735. The highest BCUT2D eigenvalue weighted by atomic mass is 32.2. The number of hydrogen-bond acceptors (Lipinski definition) is 6. The van der Waals surface area contributed by atoms with E-state index in [4.69, 9.17) is 4.74 Å². The van der Waals surface area contributed by atoms with E-state index in [1.54, 1.807) is 22.5 Å². The highest BCUT2D eigenvalue weighted by Gasteiger charge is 2.45. The molecule has 3 aliphatic heterocycles. The third-order valence-electron chi connectivity index (χ3n) is 6.46. The molecule has 3 aliphatic rings. The van der Waals surface area contributed by atoms with E-state index in [2.05, 4.69) is 9.88 Å². The molecule has 150 valence electrons. The minimum atomic E-state index is -3.51. The van der Waals surface area contributed by atoms with E-state index in [-0.39, 0.29) is 29.2 Å². The quantitative estimate of drug-likeness (QED) is 0.804. The highest BCUT2D eigenvalue weighted by molar-refractivity contribution is 7.89. The molecule has 2 atom stereocenters. The molecule has 8 heteroatoms. The SMILES string of the molecule is O=S(=O)(c1ccccn1)N1CCC2(CC1)CO[C@@H](CN1CCC[C@H]1CO)C2. The van der Waals surface area contributed by atoms with Gasteiger partial charge in [-0.1, -0.05) is 6.07 Å². The van der Waals surface area contributed by atoms with Crippen molar-refractivity contribution < 1.29 is 18.3 Å². The number of piperidine rings is 1. The molecule has 0 aromatic carbocycles. The predicted molar refractivity (Wildman–Crippen MR) is 101 cm³/mol. The van der Waals surface area contributed by atoms with Gasteiger partial charge in [0.1, 0.15) is 0 Å². The van der Waals surface area contributed by atoms with Crippen molar-refractivity contribution in [1.82, 2.24) is 14.2 Å². The third-order valence-corrected chi connectivity index (χ3v) is 8.27. The molecule has 1 spiro atoms. The third kappa shape index (κ3) is 3.91. The van der Waals surface area contributed by atoms with Crippen LogP contribution in [-0.2, 0) is 14.8 Å². The summed E-state index contributed by atoms with van der Waals surface area (Å²) in [4.78, 5) is 6.37. The molecule has 0 radical (unpaired) electrons. The molecular formula is C19H29N3O4S. The summed E-state index contributed by atoms with van der Waals surface area (Å²) >= 11 is 0. The maximum atomic E-state index is 12.8. The summed E-state index contributed by atoms with van der Waals surface area (Å²) in [5.41, 5.74) is 0.0925. The molecular weight excluding hydrogens is 366 g/mol. The summed E-state index contributed by atoms with van der Waals surface area (Å²) in [6.45, 7) is 3.90. The molecule has 7 nitrogen and oxygen atoms in total. The lowest BCUT2D eigenvalue weighted by Gasteiger charge is -2.37. The fourth-order valence-electron chi connectivity index (χ4n) is 4.80. The van der Waals surface area contributed by atoms with Gasteiger partial charge in [-0.3, -0.25) is 4.90 Å². The molecule has 0 amide bonds. The van der Waals surface area contributed by atoms with Crippen LogP contribution in [0.2, 0.25) is 0 Å². The minimum absolute atomic E-state index is 0.0925. The second-order valence-corrected chi connectivity index (χ2v) is 10.1. The topological polar surface area (TPSA) is 83.0 Å². The van der Waals surface area contributed by atoms with Crippen LogP contribution in [0.1, 0.15) is 32.1 Å². The molecule has 0 unspecified atom stereocenters. The number of hydrogen-bond donors (Lipinski definition) is 1.